The van der Waals surface area contributed by atoms with E-state index in [1.54, 1.807) is 19.2 Å². The molecular weight excluding hydrogens is 318 g/mol. The first-order valence-electron chi connectivity index (χ1n) is 8.70. The van der Waals surface area contributed by atoms with Crippen LogP contribution in [0.2, 0.25) is 0 Å². The number of benzene rings is 1. The molecule has 1 atom stereocenters. The van der Waals surface area contributed by atoms with Crippen LogP contribution in [0.25, 0.3) is 0 Å². The van der Waals surface area contributed by atoms with Crippen LogP contribution < -0.4 is 10.1 Å². The predicted molar refractivity (Wildman–Crippen MR) is 97.8 cm³/mol. The van der Waals surface area contributed by atoms with Crippen LogP contribution >= 0.6 is 0 Å². The molecule has 1 saturated heterocycles. The lowest BCUT2D eigenvalue weighted by Gasteiger charge is -2.38. The van der Waals surface area contributed by atoms with Gasteiger partial charge in [-0.15, -0.1) is 0 Å². The highest BCUT2D eigenvalue weighted by Gasteiger charge is 2.29. The van der Waals surface area contributed by atoms with Gasteiger partial charge in [-0.05, 0) is 45.9 Å². The molecule has 2 amide bonds. The van der Waals surface area contributed by atoms with Crippen LogP contribution in [0.3, 0.4) is 0 Å². The van der Waals surface area contributed by atoms with Gasteiger partial charge in [-0.2, -0.15) is 0 Å². The van der Waals surface area contributed by atoms with Crippen LogP contribution in [0.5, 0.6) is 5.75 Å². The molecule has 1 fully saturated rings. The topological polar surface area (TPSA) is 61.9 Å². The zero-order valence-corrected chi connectivity index (χ0v) is 15.8. The molecule has 25 heavy (non-hydrogen) atoms. The van der Waals surface area contributed by atoms with E-state index in [2.05, 4.69) is 10.2 Å². The summed E-state index contributed by atoms with van der Waals surface area (Å²) in [5.41, 5.74) is 0.390. The van der Waals surface area contributed by atoms with Gasteiger partial charge >= 0.3 is 0 Å². The number of methoxy groups -OCH3 is 1. The lowest BCUT2D eigenvalue weighted by atomic mass is 10.1. The largest absolute Gasteiger partial charge is 0.497 e. The molecule has 0 radical (unpaired) electrons. The van der Waals surface area contributed by atoms with E-state index in [0.717, 1.165) is 0 Å². The van der Waals surface area contributed by atoms with Gasteiger partial charge < -0.3 is 15.0 Å². The van der Waals surface area contributed by atoms with Crippen LogP contribution in [0.1, 0.15) is 38.1 Å². The van der Waals surface area contributed by atoms with Crippen molar-refractivity contribution in [2.75, 3.05) is 33.3 Å². The van der Waals surface area contributed by atoms with Crippen LogP contribution in [0.4, 0.5) is 0 Å². The summed E-state index contributed by atoms with van der Waals surface area (Å²) in [6.07, 6.45) is 0. The van der Waals surface area contributed by atoms with E-state index < -0.39 is 0 Å². The molecular formula is C19H29N3O3. The van der Waals surface area contributed by atoms with Crippen molar-refractivity contribution in [1.82, 2.24) is 15.1 Å². The number of nitrogens with one attached hydrogen (secondary N) is 1. The molecule has 0 aliphatic carbocycles. The van der Waals surface area contributed by atoms with Gasteiger partial charge in [0.2, 0.25) is 5.91 Å². The zero-order chi connectivity index (χ0) is 18.6. The molecule has 1 aromatic carbocycles. The minimum absolute atomic E-state index is 0.00495. The first kappa shape index (κ1) is 19.2. The van der Waals surface area contributed by atoms with Crippen molar-refractivity contribution in [3.63, 3.8) is 0 Å². The second-order valence-corrected chi connectivity index (χ2v) is 7.48. The zero-order valence-electron chi connectivity index (χ0n) is 15.8. The number of rotatable bonds is 4. The fourth-order valence-electron chi connectivity index (χ4n) is 2.89. The third-order valence-corrected chi connectivity index (χ3v) is 4.34. The number of hydrogen-bond donors (Lipinski definition) is 1. The Kier molecular flexibility index (Phi) is 6.06. The monoisotopic (exact) mass is 347 g/mol. The highest BCUT2D eigenvalue weighted by Crippen LogP contribution is 2.16. The summed E-state index contributed by atoms with van der Waals surface area (Å²) in [4.78, 5) is 28.9. The quantitative estimate of drug-likeness (QED) is 0.901. The van der Waals surface area contributed by atoms with Crippen LogP contribution in [-0.2, 0) is 4.79 Å². The number of carbonyl (C=O) groups excluding carboxylic acids is 2. The van der Waals surface area contributed by atoms with E-state index in [4.69, 9.17) is 4.74 Å². The first-order valence-corrected chi connectivity index (χ1v) is 8.70. The maximum atomic E-state index is 12.6. The Bertz CT molecular complexity index is 617. The van der Waals surface area contributed by atoms with Gasteiger partial charge in [-0.3, -0.25) is 14.5 Å². The summed E-state index contributed by atoms with van der Waals surface area (Å²) in [5.74, 6) is 0.711. The first-order chi connectivity index (χ1) is 11.7. The molecule has 1 unspecified atom stereocenters. The molecule has 0 aromatic heterocycles. The molecule has 1 aliphatic rings. The summed E-state index contributed by atoms with van der Waals surface area (Å²) in [6, 6.07) is 7.00. The second-order valence-electron chi connectivity index (χ2n) is 7.48. The summed E-state index contributed by atoms with van der Waals surface area (Å²) in [5, 5.41) is 3.01. The molecule has 1 heterocycles. The third-order valence-electron chi connectivity index (χ3n) is 4.34. The molecule has 1 aromatic rings. The average molecular weight is 347 g/mol. The van der Waals surface area contributed by atoms with E-state index >= 15 is 0 Å². The number of amides is 2. The molecule has 2 rings (SSSR count). The van der Waals surface area contributed by atoms with Gasteiger partial charge in [0.1, 0.15) is 5.75 Å². The fraction of sp³-hybridized carbons (Fsp3) is 0.579. The van der Waals surface area contributed by atoms with E-state index in [9.17, 15) is 9.59 Å². The summed E-state index contributed by atoms with van der Waals surface area (Å²) in [7, 11) is 1.59. The van der Waals surface area contributed by atoms with Crippen LogP contribution in [0.15, 0.2) is 24.3 Å². The third kappa shape index (κ3) is 5.19. The van der Waals surface area contributed by atoms with Gasteiger partial charge in [-0.1, -0.05) is 6.07 Å². The Morgan fingerprint density at radius 2 is 1.80 bits per heavy atom. The Balaban J connectivity index is 1.92. The number of piperazine rings is 1. The maximum absolute atomic E-state index is 12.6. The average Bonchev–Trinajstić information content (AvgIpc) is 2.59. The minimum atomic E-state index is -0.241. The maximum Gasteiger partial charge on any atom is 0.254 e. The van der Waals surface area contributed by atoms with Crippen LogP contribution in [0, 0.1) is 0 Å². The second kappa shape index (κ2) is 7.87. The van der Waals surface area contributed by atoms with Gasteiger partial charge in [0.15, 0.2) is 0 Å². The van der Waals surface area contributed by atoms with Crippen molar-refractivity contribution in [2.24, 2.45) is 0 Å². The van der Waals surface area contributed by atoms with Crippen molar-refractivity contribution in [3.05, 3.63) is 29.8 Å². The predicted octanol–water partition coefficient (Wildman–Crippen LogP) is 1.76. The molecule has 0 saturated carbocycles. The van der Waals surface area contributed by atoms with E-state index in [0.29, 0.717) is 37.5 Å². The number of carbonyl (C=O) groups is 2. The van der Waals surface area contributed by atoms with Crippen LogP contribution in [-0.4, -0.2) is 66.5 Å². The summed E-state index contributed by atoms with van der Waals surface area (Å²) < 4.78 is 5.18. The number of ether oxygens (including phenoxy) is 1. The van der Waals surface area contributed by atoms with Gasteiger partial charge in [0, 0.05) is 37.3 Å². The van der Waals surface area contributed by atoms with Crippen molar-refractivity contribution in [2.45, 2.75) is 39.3 Å². The van der Waals surface area contributed by atoms with Crippen molar-refractivity contribution in [1.29, 1.82) is 0 Å². The minimum Gasteiger partial charge on any atom is -0.497 e. The van der Waals surface area contributed by atoms with Crippen molar-refractivity contribution < 1.29 is 14.3 Å². The normalized spacial score (nSPS) is 17.1. The Morgan fingerprint density at radius 3 is 2.36 bits per heavy atom. The lowest BCUT2D eigenvalue weighted by Crippen LogP contribution is -2.56. The van der Waals surface area contributed by atoms with E-state index in [1.807, 2.05) is 44.7 Å². The highest BCUT2D eigenvalue weighted by atomic mass is 16.5. The Labute approximate surface area is 150 Å². The fourth-order valence-corrected chi connectivity index (χ4v) is 2.89. The number of nitrogens with zero attached hydrogens (tertiary/aromatic N) is 2. The molecule has 0 spiro atoms. The molecule has 0 bridgehead atoms. The van der Waals surface area contributed by atoms with Gasteiger partial charge in [-0.25, -0.2) is 0 Å². The van der Waals surface area contributed by atoms with Gasteiger partial charge in [0.05, 0.1) is 13.2 Å². The molecule has 138 valence electrons. The smallest absolute Gasteiger partial charge is 0.254 e. The Hall–Kier alpha value is -2.08. The lowest BCUT2D eigenvalue weighted by molar-refractivity contribution is -0.127. The molecule has 1 N–H and O–H groups in total. The molecule has 1 aliphatic heterocycles. The highest BCUT2D eigenvalue weighted by molar-refractivity contribution is 5.94. The van der Waals surface area contributed by atoms with Crippen molar-refractivity contribution >= 4 is 11.8 Å². The summed E-state index contributed by atoms with van der Waals surface area (Å²) in [6.45, 7) is 10.4. The Morgan fingerprint density at radius 1 is 1.16 bits per heavy atom. The van der Waals surface area contributed by atoms with E-state index in [-0.39, 0.29) is 23.4 Å². The standard InChI is InChI=1S/C19H29N3O3/c1-14(17(23)20-19(2,3)4)21-9-11-22(12-10-21)18(24)15-7-6-8-16(13-15)25-5/h6-8,13-14H,9-12H2,1-5H3,(H,20,23). The van der Waals surface area contributed by atoms with Gasteiger partial charge in [0.25, 0.3) is 5.91 Å². The SMILES string of the molecule is COc1cccc(C(=O)N2CCN(C(C)C(=O)NC(C)(C)C)CC2)c1. The molecule has 6 nitrogen and oxygen atoms in total. The number of hydrogen-bond acceptors (Lipinski definition) is 4. The summed E-state index contributed by atoms with van der Waals surface area (Å²) >= 11 is 0. The van der Waals surface area contributed by atoms with E-state index in [1.165, 1.54) is 0 Å². The molecule has 6 heteroatoms. The van der Waals surface area contributed by atoms with Crippen molar-refractivity contribution in [3.8, 4) is 5.75 Å².